The van der Waals surface area contributed by atoms with Gasteiger partial charge in [-0.1, -0.05) is 24.3 Å². The van der Waals surface area contributed by atoms with Gasteiger partial charge in [0, 0.05) is 3.57 Å². The molecule has 58 valence electrons. The van der Waals surface area contributed by atoms with Crippen molar-refractivity contribution in [2.24, 2.45) is 0 Å². The molecule has 0 aliphatic carbocycles. The predicted octanol–water partition coefficient (Wildman–Crippen LogP) is 3.32. The molecule has 0 N–H and O–H groups in total. The number of halogens is 2. The van der Waals surface area contributed by atoms with E-state index in [0.29, 0.717) is 12.8 Å². The highest BCUT2D eigenvalue weighted by molar-refractivity contribution is 14.1. The lowest BCUT2D eigenvalue weighted by Gasteiger charge is -1.97. The lowest BCUT2D eigenvalue weighted by molar-refractivity contribution is 0.716. The topological polar surface area (TPSA) is 0 Å². The van der Waals surface area contributed by atoms with Crippen molar-refractivity contribution < 1.29 is 4.39 Å². The minimum Gasteiger partial charge on any atom is -0.216 e. The molecule has 11 heavy (non-hydrogen) atoms. The Bertz CT molecular complexity index is 255. The van der Waals surface area contributed by atoms with Crippen molar-refractivity contribution in [2.75, 3.05) is 0 Å². The van der Waals surface area contributed by atoms with Crippen LogP contribution in [0.25, 0.3) is 0 Å². The van der Waals surface area contributed by atoms with Crippen LogP contribution < -0.4 is 0 Å². The largest absolute Gasteiger partial charge is 0.216 e. The molecule has 0 amide bonds. The molecule has 0 radical (unpaired) electrons. The second-order valence-corrected chi connectivity index (χ2v) is 3.32. The van der Waals surface area contributed by atoms with Crippen LogP contribution >= 0.6 is 22.6 Å². The second kappa shape index (κ2) is 4.49. The van der Waals surface area contributed by atoms with Gasteiger partial charge in [0.1, 0.15) is 0 Å². The van der Waals surface area contributed by atoms with Gasteiger partial charge in [-0.15, -0.1) is 0 Å². The standard InChI is InChI=1S/C9H8FI/c10-7-3-5-8-4-1-2-6-9(8)11/h1-4,6-7H,5H2. The van der Waals surface area contributed by atoms with Crippen molar-refractivity contribution in [2.45, 2.75) is 6.42 Å². The minimum absolute atomic E-state index is 0.586. The number of hydrogen-bond donors (Lipinski definition) is 0. The quantitative estimate of drug-likeness (QED) is 0.717. The van der Waals surface area contributed by atoms with Crippen LogP contribution in [0.15, 0.2) is 36.7 Å². The third-order valence-corrected chi connectivity index (χ3v) is 2.44. The summed E-state index contributed by atoms with van der Waals surface area (Å²) in [7, 11) is 0. The number of benzene rings is 1. The lowest BCUT2D eigenvalue weighted by Crippen LogP contribution is -1.84. The van der Waals surface area contributed by atoms with Crippen molar-refractivity contribution in [3.8, 4) is 0 Å². The summed E-state index contributed by atoms with van der Waals surface area (Å²) in [5.41, 5.74) is 1.17. The average Bonchev–Trinajstić information content (AvgIpc) is 2.03. The molecule has 2 heteroatoms. The summed E-state index contributed by atoms with van der Waals surface area (Å²) >= 11 is 2.24. The van der Waals surface area contributed by atoms with Crippen molar-refractivity contribution in [1.82, 2.24) is 0 Å². The van der Waals surface area contributed by atoms with Gasteiger partial charge in [0.2, 0.25) is 0 Å². The summed E-state index contributed by atoms with van der Waals surface area (Å²) in [5, 5.41) is 0. The first-order valence-electron chi connectivity index (χ1n) is 3.33. The molecule has 0 saturated carbocycles. The van der Waals surface area contributed by atoms with E-state index in [1.807, 2.05) is 24.3 Å². The molecule has 0 nitrogen and oxygen atoms in total. The van der Waals surface area contributed by atoms with Crippen LogP contribution in [0.4, 0.5) is 4.39 Å². The van der Waals surface area contributed by atoms with E-state index in [9.17, 15) is 4.39 Å². The van der Waals surface area contributed by atoms with Gasteiger partial charge < -0.3 is 0 Å². The van der Waals surface area contributed by atoms with Gasteiger partial charge in [0.15, 0.2) is 0 Å². The smallest absolute Gasteiger partial charge is 0.0830 e. The summed E-state index contributed by atoms with van der Waals surface area (Å²) in [6.45, 7) is 0. The highest BCUT2D eigenvalue weighted by Crippen LogP contribution is 2.11. The van der Waals surface area contributed by atoms with Crippen LogP contribution in [0.3, 0.4) is 0 Å². The molecule has 0 spiro atoms. The third-order valence-electron chi connectivity index (χ3n) is 1.38. The molecule has 0 unspecified atom stereocenters. The molecular formula is C9H8FI. The van der Waals surface area contributed by atoms with Gasteiger partial charge in [0.05, 0.1) is 6.33 Å². The third kappa shape index (κ3) is 2.61. The van der Waals surface area contributed by atoms with Crippen LogP contribution in [-0.2, 0) is 6.42 Å². The summed E-state index contributed by atoms with van der Waals surface area (Å²) in [6, 6.07) is 7.96. The Morgan fingerprint density at radius 2 is 2.09 bits per heavy atom. The normalized spacial score (nSPS) is 10.7. The van der Waals surface area contributed by atoms with E-state index in [1.54, 1.807) is 0 Å². The van der Waals surface area contributed by atoms with Crippen LogP contribution in [0.2, 0.25) is 0 Å². The summed E-state index contributed by atoms with van der Waals surface area (Å²) in [5.74, 6) is 0. The van der Waals surface area contributed by atoms with Gasteiger partial charge in [0.25, 0.3) is 0 Å². The first-order chi connectivity index (χ1) is 5.34. The highest BCUT2D eigenvalue weighted by atomic mass is 127. The Morgan fingerprint density at radius 3 is 2.73 bits per heavy atom. The molecule has 0 bridgehead atoms. The van der Waals surface area contributed by atoms with Gasteiger partial charge in [-0.05, 0) is 40.6 Å². The van der Waals surface area contributed by atoms with Crippen LogP contribution in [-0.4, -0.2) is 0 Å². The Labute approximate surface area is 79.3 Å². The molecule has 0 heterocycles. The highest BCUT2D eigenvalue weighted by Gasteiger charge is 1.93. The van der Waals surface area contributed by atoms with E-state index in [4.69, 9.17) is 0 Å². The Morgan fingerprint density at radius 1 is 1.36 bits per heavy atom. The molecule has 0 aromatic heterocycles. The number of hydrogen-bond acceptors (Lipinski definition) is 0. The zero-order valence-corrected chi connectivity index (χ0v) is 8.08. The molecule has 0 aliphatic heterocycles. The lowest BCUT2D eigenvalue weighted by atomic mass is 10.2. The maximum atomic E-state index is 11.6. The summed E-state index contributed by atoms with van der Waals surface area (Å²) < 4.78 is 12.8. The summed E-state index contributed by atoms with van der Waals surface area (Å²) in [4.78, 5) is 0. The SMILES string of the molecule is FC=CCc1ccccc1I. The maximum Gasteiger partial charge on any atom is 0.0830 e. The molecule has 0 atom stereocenters. The van der Waals surface area contributed by atoms with E-state index in [-0.39, 0.29) is 0 Å². The molecule has 0 fully saturated rings. The molecule has 1 aromatic carbocycles. The average molecular weight is 262 g/mol. The fourth-order valence-corrected chi connectivity index (χ4v) is 1.44. The first kappa shape index (κ1) is 8.71. The monoisotopic (exact) mass is 262 g/mol. The van der Waals surface area contributed by atoms with Gasteiger partial charge in [-0.2, -0.15) is 0 Å². The molecule has 1 rings (SSSR count). The van der Waals surface area contributed by atoms with Crippen LogP contribution in [0, 0.1) is 3.57 Å². The van der Waals surface area contributed by atoms with E-state index >= 15 is 0 Å². The van der Waals surface area contributed by atoms with Crippen molar-refractivity contribution >= 4 is 22.6 Å². The predicted molar refractivity (Wildman–Crippen MR) is 53.1 cm³/mol. The molecule has 0 saturated heterocycles. The maximum absolute atomic E-state index is 11.6. The minimum atomic E-state index is 0.586. The van der Waals surface area contributed by atoms with E-state index in [1.165, 1.54) is 15.2 Å². The number of allylic oxidation sites excluding steroid dienone is 1. The van der Waals surface area contributed by atoms with Gasteiger partial charge in [-0.3, -0.25) is 0 Å². The zero-order chi connectivity index (χ0) is 8.10. The molecular weight excluding hydrogens is 254 g/mol. The fourth-order valence-electron chi connectivity index (χ4n) is 0.835. The second-order valence-electron chi connectivity index (χ2n) is 2.16. The number of rotatable bonds is 2. The Balaban J connectivity index is 2.77. The van der Waals surface area contributed by atoms with Gasteiger partial charge >= 0.3 is 0 Å². The van der Waals surface area contributed by atoms with Crippen LogP contribution in [0.5, 0.6) is 0 Å². The van der Waals surface area contributed by atoms with Crippen molar-refractivity contribution in [1.29, 1.82) is 0 Å². The van der Waals surface area contributed by atoms with Crippen LogP contribution in [0.1, 0.15) is 5.56 Å². The Kier molecular flexibility index (Phi) is 3.56. The zero-order valence-electron chi connectivity index (χ0n) is 5.93. The van der Waals surface area contributed by atoms with Crippen molar-refractivity contribution in [3.05, 3.63) is 45.8 Å². The van der Waals surface area contributed by atoms with E-state index in [2.05, 4.69) is 22.6 Å². The van der Waals surface area contributed by atoms with E-state index < -0.39 is 0 Å². The molecule has 0 aliphatic rings. The van der Waals surface area contributed by atoms with Gasteiger partial charge in [-0.25, -0.2) is 4.39 Å². The summed E-state index contributed by atoms with van der Waals surface area (Å²) in [6.07, 6.45) is 2.77. The fraction of sp³-hybridized carbons (Fsp3) is 0.111. The molecule has 1 aromatic rings. The first-order valence-corrected chi connectivity index (χ1v) is 4.41. The van der Waals surface area contributed by atoms with E-state index in [0.717, 1.165) is 0 Å². The van der Waals surface area contributed by atoms with Crippen molar-refractivity contribution in [3.63, 3.8) is 0 Å². The Hall–Kier alpha value is -0.380.